The van der Waals surface area contributed by atoms with Crippen molar-refractivity contribution in [2.45, 2.75) is 18.9 Å². The van der Waals surface area contributed by atoms with Crippen LogP contribution in [0.25, 0.3) is 0 Å². The van der Waals surface area contributed by atoms with Gasteiger partial charge in [-0.25, -0.2) is 0 Å². The van der Waals surface area contributed by atoms with Crippen molar-refractivity contribution in [1.82, 2.24) is 0 Å². The second-order valence-corrected chi connectivity index (χ2v) is 5.65. The van der Waals surface area contributed by atoms with Crippen molar-refractivity contribution < 1.29 is 14.3 Å². The SMILES string of the molecule is COc1cccc(CC(=O)N2CCC(OC)c3ccccc32)c1. The van der Waals surface area contributed by atoms with Crippen molar-refractivity contribution in [3.05, 3.63) is 59.7 Å². The molecule has 4 heteroatoms. The minimum Gasteiger partial charge on any atom is -0.497 e. The van der Waals surface area contributed by atoms with Gasteiger partial charge in [-0.2, -0.15) is 0 Å². The van der Waals surface area contributed by atoms with E-state index >= 15 is 0 Å². The Hall–Kier alpha value is -2.33. The fraction of sp³-hybridized carbons (Fsp3) is 0.316. The average Bonchev–Trinajstić information content (AvgIpc) is 2.60. The molecular weight excluding hydrogens is 290 g/mol. The Morgan fingerprint density at radius 1 is 1.17 bits per heavy atom. The van der Waals surface area contributed by atoms with Crippen LogP contribution in [-0.2, 0) is 16.0 Å². The summed E-state index contributed by atoms with van der Waals surface area (Å²) in [5.41, 5.74) is 3.00. The normalized spacial score (nSPS) is 16.8. The van der Waals surface area contributed by atoms with Crippen molar-refractivity contribution >= 4 is 11.6 Å². The van der Waals surface area contributed by atoms with Crippen LogP contribution in [0.1, 0.15) is 23.7 Å². The van der Waals surface area contributed by atoms with Crippen molar-refractivity contribution in [2.24, 2.45) is 0 Å². The summed E-state index contributed by atoms with van der Waals surface area (Å²) in [4.78, 5) is 14.6. The first kappa shape index (κ1) is 15.6. The molecule has 1 heterocycles. The van der Waals surface area contributed by atoms with Gasteiger partial charge in [0.2, 0.25) is 5.91 Å². The molecular formula is C19H21NO3. The first-order valence-corrected chi connectivity index (χ1v) is 7.78. The molecule has 0 bridgehead atoms. The molecule has 1 aliphatic rings. The van der Waals surface area contributed by atoms with Gasteiger partial charge >= 0.3 is 0 Å². The number of ether oxygens (including phenoxy) is 2. The highest BCUT2D eigenvalue weighted by Gasteiger charge is 2.28. The average molecular weight is 311 g/mol. The van der Waals surface area contributed by atoms with Crippen LogP contribution in [-0.4, -0.2) is 26.7 Å². The molecule has 23 heavy (non-hydrogen) atoms. The molecule has 4 nitrogen and oxygen atoms in total. The number of benzene rings is 2. The lowest BCUT2D eigenvalue weighted by Crippen LogP contribution is -2.38. The molecule has 3 rings (SSSR count). The number of carbonyl (C=O) groups is 1. The Morgan fingerprint density at radius 2 is 2.00 bits per heavy atom. The number of amides is 1. The van der Waals surface area contributed by atoms with Crippen LogP contribution in [0.4, 0.5) is 5.69 Å². The quantitative estimate of drug-likeness (QED) is 0.869. The maximum absolute atomic E-state index is 12.8. The molecule has 1 aliphatic heterocycles. The van der Waals surface area contributed by atoms with Gasteiger partial charge in [0.25, 0.3) is 0 Å². The third-order valence-corrected chi connectivity index (χ3v) is 4.26. The van der Waals surface area contributed by atoms with Gasteiger partial charge in [0.05, 0.1) is 19.6 Å². The van der Waals surface area contributed by atoms with Gasteiger partial charge in [-0.1, -0.05) is 30.3 Å². The van der Waals surface area contributed by atoms with Crippen molar-refractivity contribution in [1.29, 1.82) is 0 Å². The van der Waals surface area contributed by atoms with Crippen LogP contribution in [0.2, 0.25) is 0 Å². The summed E-state index contributed by atoms with van der Waals surface area (Å²) in [5, 5.41) is 0. The number of hydrogen-bond donors (Lipinski definition) is 0. The van der Waals surface area contributed by atoms with E-state index in [1.807, 2.05) is 53.4 Å². The van der Waals surface area contributed by atoms with E-state index in [2.05, 4.69) is 0 Å². The van der Waals surface area contributed by atoms with Crippen molar-refractivity contribution in [3.63, 3.8) is 0 Å². The first-order valence-electron chi connectivity index (χ1n) is 7.78. The van der Waals surface area contributed by atoms with E-state index in [9.17, 15) is 4.79 Å². The molecule has 120 valence electrons. The van der Waals surface area contributed by atoms with Gasteiger partial charge in [0, 0.05) is 24.9 Å². The van der Waals surface area contributed by atoms with E-state index in [1.165, 1.54) is 0 Å². The molecule has 0 aromatic heterocycles. The Labute approximate surface area is 136 Å². The third kappa shape index (κ3) is 3.22. The van der Waals surface area contributed by atoms with Crippen LogP contribution in [0.15, 0.2) is 48.5 Å². The van der Waals surface area contributed by atoms with E-state index in [0.29, 0.717) is 13.0 Å². The minimum absolute atomic E-state index is 0.0621. The van der Waals surface area contributed by atoms with Crippen molar-refractivity contribution in [2.75, 3.05) is 25.7 Å². The first-order chi connectivity index (χ1) is 11.2. The zero-order chi connectivity index (χ0) is 16.2. The maximum Gasteiger partial charge on any atom is 0.231 e. The van der Waals surface area contributed by atoms with Crippen LogP contribution < -0.4 is 9.64 Å². The Bertz CT molecular complexity index is 699. The van der Waals surface area contributed by atoms with Crippen LogP contribution in [0, 0.1) is 0 Å². The lowest BCUT2D eigenvalue weighted by molar-refractivity contribution is -0.118. The number of hydrogen-bond acceptors (Lipinski definition) is 3. The Morgan fingerprint density at radius 3 is 2.78 bits per heavy atom. The predicted molar refractivity (Wildman–Crippen MR) is 89.9 cm³/mol. The summed E-state index contributed by atoms with van der Waals surface area (Å²) in [6.07, 6.45) is 1.24. The molecule has 1 atom stereocenters. The van der Waals surface area contributed by atoms with Crippen LogP contribution in [0.3, 0.4) is 0 Å². The number of para-hydroxylation sites is 1. The highest BCUT2D eigenvalue weighted by atomic mass is 16.5. The summed E-state index contributed by atoms with van der Waals surface area (Å²) in [7, 11) is 3.35. The molecule has 2 aromatic carbocycles. The molecule has 0 spiro atoms. The minimum atomic E-state index is 0.0621. The number of rotatable bonds is 4. The van der Waals surface area contributed by atoms with Gasteiger partial charge < -0.3 is 14.4 Å². The fourth-order valence-electron chi connectivity index (χ4n) is 3.08. The number of methoxy groups -OCH3 is 2. The molecule has 1 amide bonds. The van der Waals surface area contributed by atoms with Gasteiger partial charge in [-0.15, -0.1) is 0 Å². The lowest BCUT2D eigenvalue weighted by Gasteiger charge is -2.33. The van der Waals surface area contributed by atoms with E-state index in [4.69, 9.17) is 9.47 Å². The molecule has 0 radical (unpaired) electrons. The summed E-state index contributed by atoms with van der Waals surface area (Å²) in [6, 6.07) is 15.6. The van der Waals surface area contributed by atoms with E-state index in [1.54, 1.807) is 14.2 Å². The van der Waals surface area contributed by atoms with Crippen LogP contribution in [0.5, 0.6) is 5.75 Å². The Kier molecular flexibility index (Phi) is 4.63. The molecule has 0 saturated carbocycles. The zero-order valence-electron chi connectivity index (χ0n) is 13.5. The standard InChI is InChI=1S/C19H21NO3/c1-22-15-7-5-6-14(12-15)13-19(21)20-11-10-18(23-2)16-8-3-4-9-17(16)20/h3-9,12,18H,10-11,13H2,1-2H3. The predicted octanol–water partition coefficient (Wildman–Crippen LogP) is 3.36. The van der Waals surface area contributed by atoms with Gasteiger partial charge in [-0.3, -0.25) is 4.79 Å². The molecule has 0 fully saturated rings. The number of nitrogens with zero attached hydrogens (tertiary/aromatic N) is 1. The molecule has 1 unspecified atom stereocenters. The summed E-state index contributed by atoms with van der Waals surface area (Å²) in [6.45, 7) is 0.679. The van der Waals surface area contributed by atoms with Gasteiger partial charge in [-0.05, 0) is 30.2 Å². The topological polar surface area (TPSA) is 38.8 Å². The zero-order valence-corrected chi connectivity index (χ0v) is 13.5. The second kappa shape index (κ2) is 6.84. The van der Waals surface area contributed by atoms with E-state index in [-0.39, 0.29) is 12.0 Å². The molecule has 0 aliphatic carbocycles. The summed E-state index contributed by atoms with van der Waals surface area (Å²) >= 11 is 0. The largest absolute Gasteiger partial charge is 0.497 e. The smallest absolute Gasteiger partial charge is 0.231 e. The summed E-state index contributed by atoms with van der Waals surface area (Å²) < 4.78 is 10.8. The van der Waals surface area contributed by atoms with Gasteiger partial charge in [0.1, 0.15) is 5.75 Å². The van der Waals surface area contributed by atoms with Gasteiger partial charge in [0.15, 0.2) is 0 Å². The molecule has 2 aromatic rings. The highest BCUT2D eigenvalue weighted by Crippen LogP contribution is 2.35. The highest BCUT2D eigenvalue weighted by molar-refractivity contribution is 5.96. The van der Waals surface area contributed by atoms with Crippen LogP contribution >= 0.6 is 0 Å². The molecule has 0 saturated heterocycles. The Balaban J connectivity index is 1.82. The van der Waals surface area contributed by atoms with E-state index in [0.717, 1.165) is 29.0 Å². The number of carbonyl (C=O) groups excluding carboxylic acids is 1. The maximum atomic E-state index is 12.8. The molecule has 0 N–H and O–H groups in total. The monoisotopic (exact) mass is 311 g/mol. The summed E-state index contributed by atoms with van der Waals surface area (Å²) in [5.74, 6) is 0.869. The third-order valence-electron chi connectivity index (χ3n) is 4.26. The second-order valence-electron chi connectivity index (χ2n) is 5.65. The van der Waals surface area contributed by atoms with E-state index < -0.39 is 0 Å². The number of anilines is 1. The van der Waals surface area contributed by atoms with Crippen molar-refractivity contribution in [3.8, 4) is 5.75 Å². The fourth-order valence-corrected chi connectivity index (χ4v) is 3.08. The lowest BCUT2D eigenvalue weighted by atomic mass is 9.98. The number of fused-ring (bicyclic) bond motifs is 1.